The van der Waals surface area contributed by atoms with E-state index in [-0.39, 0.29) is 0 Å². The lowest BCUT2D eigenvalue weighted by atomic mass is 9.88. The molecule has 14 heavy (non-hydrogen) atoms. The molecular formula is C11H14N2S. The Bertz CT molecular complexity index is 356. The molecule has 1 heterocycles. The minimum absolute atomic E-state index is 0.663. The molecule has 3 heteroatoms. The number of nitrogens with zero attached hydrogens (tertiary/aromatic N) is 1. The van der Waals surface area contributed by atoms with Crippen LogP contribution in [-0.2, 0) is 0 Å². The van der Waals surface area contributed by atoms with E-state index in [0.29, 0.717) is 16.5 Å². The van der Waals surface area contributed by atoms with Crippen LogP contribution in [0.4, 0.5) is 5.00 Å². The molecule has 1 aliphatic rings. The maximum Gasteiger partial charge on any atom is 0.104 e. The van der Waals surface area contributed by atoms with Gasteiger partial charge in [-0.15, -0.1) is 11.3 Å². The van der Waals surface area contributed by atoms with E-state index in [9.17, 15) is 0 Å². The van der Waals surface area contributed by atoms with E-state index in [1.807, 2.05) is 6.07 Å². The molecule has 0 aliphatic heterocycles. The first-order chi connectivity index (χ1) is 6.81. The first-order valence-corrected chi connectivity index (χ1v) is 5.92. The highest BCUT2D eigenvalue weighted by Crippen LogP contribution is 2.38. The molecule has 2 rings (SSSR count). The molecule has 0 aromatic carbocycles. The van der Waals surface area contributed by atoms with E-state index >= 15 is 0 Å². The zero-order chi connectivity index (χ0) is 9.97. The van der Waals surface area contributed by atoms with Crippen LogP contribution < -0.4 is 5.73 Å². The first kappa shape index (κ1) is 9.54. The Morgan fingerprint density at radius 3 is 2.64 bits per heavy atom. The van der Waals surface area contributed by atoms with Crippen LogP contribution in [0.2, 0.25) is 0 Å². The van der Waals surface area contributed by atoms with Crippen molar-refractivity contribution in [3.05, 3.63) is 16.5 Å². The maximum atomic E-state index is 8.81. The van der Waals surface area contributed by atoms with E-state index in [1.165, 1.54) is 37.0 Å². The zero-order valence-corrected chi connectivity index (χ0v) is 8.94. The summed E-state index contributed by atoms with van der Waals surface area (Å²) in [5.41, 5.74) is 6.42. The largest absolute Gasteiger partial charge is 0.389 e. The summed E-state index contributed by atoms with van der Waals surface area (Å²) in [4.78, 5) is 1.32. The predicted octanol–water partition coefficient (Wildman–Crippen LogP) is 3.25. The summed E-state index contributed by atoms with van der Waals surface area (Å²) in [5.74, 6) is 0.665. The van der Waals surface area contributed by atoms with Crippen LogP contribution in [0.3, 0.4) is 0 Å². The van der Waals surface area contributed by atoms with Crippen molar-refractivity contribution in [1.29, 1.82) is 5.26 Å². The highest BCUT2D eigenvalue weighted by atomic mass is 32.1. The molecule has 0 atom stereocenters. The van der Waals surface area contributed by atoms with Crippen LogP contribution in [0, 0.1) is 11.3 Å². The van der Waals surface area contributed by atoms with Gasteiger partial charge in [0.2, 0.25) is 0 Å². The summed E-state index contributed by atoms with van der Waals surface area (Å²) in [6.45, 7) is 0. The molecule has 0 bridgehead atoms. The zero-order valence-electron chi connectivity index (χ0n) is 8.12. The number of nitrogen functional groups attached to an aromatic ring is 1. The molecule has 2 N–H and O–H groups in total. The SMILES string of the molecule is N#Cc1cc(C2CCCCC2)sc1N. The van der Waals surface area contributed by atoms with Gasteiger partial charge in [0.1, 0.15) is 11.1 Å². The first-order valence-electron chi connectivity index (χ1n) is 5.10. The van der Waals surface area contributed by atoms with E-state index in [4.69, 9.17) is 11.0 Å². The topological polar surface area (TPSA) is 49.8 Å². The van der Waals surface area contributed by atoms with E-state index < -0.39 is 0 Å². The fourth-order valence-corrected chi connectivity index (χ4v) is 3.15. The summed E-state index contributed by atoms with van der Waals surface area (Å²) in [7, 11) is 0. The number of nitrogens with two attached hydrogens (primary N) is 1. The van der Waals surface area contributed by atoms with E-state index in [1.54, 1.807) is 11.3 Å². The third kappa shape index (κ3) is 1.76. The summed E-state index contributed by atoms with van der Waals surface area (Å²) in [5, 5.41) is 9.49. The lowest BCUT2D eigenvalue weighted by Crippen LogP contribution is -2.02. The van der Waals surface area contributed by atoms with Gasteiger partial charge in [-0.3, -0.25) is 0 Å². The monoisotopic (exact) mass is 206 g/mol. The predicted molar refractivity (Wildman–Crippen MR) is 59.3 cm³/mol. The van der Waals surface area contributed by atoms with Crippen molar-refractivity contribution in [3.8, 4) is 6.07 Å². The molecule has 74 valence electrons. The second kappa shape index (κ2) is 4.02. The van der Waals surface area contributed by atoms with Crippen molar-refractivity contribution in [2.24, 2.45) is 0 Å². The summed E-state index contributed by atoms with van der Waals surface area (Å²) in [6.07, 6.45) is 6.55. The molecular weight excluding hydrogens is 192 g/mol. The van der Waals surface area contributed by atoms with Crippen molar-refractivity contribution in [2.75, 3.05) is 5.73 Å². The Morgan fingerprint density at radius 1 is 1.36 bits per heavy atom. The number of hydrogen-bond donors (Lipinski definition) is 1. The fourth-order valence-electron chi connectivity index (χ4n) is 2.10. The smallest absolute Gasteiger partial charge is 0.104 e. The summed E-state index contributed by atoms with van der Waals surface area (Å²) in [6, 6.07) is 4.12. The van der Waals surface area contributed by atoms with Gasteiger partial charge in [0.25, 0.3) is 0 Å². The molecule has 1 fully saturated rings. The third-order valence-corrected chi connectivity index (χ3v) is 4.03. The van der Waals surface area contributed by atoms with Gasteiger partial charge in [0.05, 0.1) is 5.56 Å². The number of hydrogen-bond acceptors (Lipinski definition) is 3. The van der Waals surface area contributed by atoms with Gasteiger partial charge >= 0.3 is 0 Å². The van der Waals surface area contributed by atoms with Gasteiger partial charge in [-0.2, -0.15) is 5.26 Å². The molecule has 0 spiro atoms. The van der Waals surface area contributed by atoms with Crippen LogP contribution >= 0.6 is 11.3 Å². The van der Waals surface area contributed by atoms with Crippen molar-refractivity contribution in [2.45, 2.75) is 38.0 Å². The van der Waals surface area contributed by atoms with Crippen LogP contribution in [0.1, 0.15) is 48.5 Å². The quantitative estimate of drug-likeness (QED) is 0.766. The molecule has 1 saturated carbocycles. The van der Waals surface area contributed by atoms with Crippen LogP contribution in [0.25, 0.3) is 0 Å². The Kier molecular flexibility index (Phi) is 2.74. The van der Waals surface area contributed by atoms with Crippen LogP contribution in [-0.4, -0.2) is 0 Å². The Hall–Kier alpha value is -1.01. The second-order valence-corrected chi connectivity index (χ2v) is 4.99. The number of anilines is 1. The van der Waals surface area contributed by atoms with Crippen molar-refractivity contribution in [1.82, 2.24) is 0 Å². The lowest BCUT2D eigenvalue weighted by Gasteiger charge is -2.19. The average molecular weight is 206 g/mol. The fraction of sp³-hybridized carbons (Fsp3) is 0.545. The maximum absolute atomic E-state index is 8.81. The molecule has 1 aliphatic carbocycles. The molecule has 1 aromatic rings. The highest BCUT2D eigenvalue weighted by molar-refractivity contribution is 7.16. The van der Waals surface area contributed by atoms with Gasteiger partial charge < -0.3 is 5.73 Å². The summed E-state index contributed by atoms with van der Waals surface area (Å²) >= 11 is 1.60. The number of thiophene rings is 1. The minimum Gasteiger partial charge on any atom is -0.389 e. The Labute approximate surface area is 88.4 Å². The molecule has 1 aromatic heterocycles. The number of rotatable bonds is 1. The van der Waals surface area contributed by atoms with Crippen molar-refractivity contribution >= 4 is 16.3 Å². The third-order valence-electron chi connectivity index (χ3n) is 2.91. The van der Waals surface area contributed by atoms with Gasteiger partial charge in [-0.1, -0.05) is 19.3 Å². The molecule has 2 nitrogen and oxygen atoms in total. The van der Waals surface area contributed by atoms with Gasteiger partial charge in [0.15, 0.2) is 0 Å². The average Bonchev–Trinajstić information content (AvgIpc) is 2.61. The molecule has 0 radical (unpaired) electrons. The summed E-state index contributed by atoms with van der Waals surface area (Å²) < 4.78 is 0. The highest BCUT2D eigenvalue weighted by Gasteiger charge is 2.18. The Balaban J connectivity index is 2.19. The Morgan fingerprint density at radius 2 is 2.07 bits per heavy atom. The molecule has 0 unspecified atom stereocenters. The normalized spacial score (nSPS) is 17.9. The number of nitriles is 1. The van der Waals surface area contributed by atoms with E-state index in [0.717, 1.165) is 0 Å². The van der Waals surface area contributed by atoms with Crippen LogP contribution in [0.5, 0.6) is 0 Å². The van der Waals surface area contributed by atoms with Crippen molar-refractivity contribution < 1.29 is 0 Å². The van der Waals surface area contributed by atoms with Gasteiger partial charge in [-0.05, 0) is 24.8 Å². The van der Waals surface area contributed by atoms with Crippen LogP contribution in [0.15, 0.2) is 6.07 Å². The standard InChI is InChI=1S/C11H14N2S/c12-7-9-6-10(14-11(9)13)8-4-2-1-3-5-8/h6,8H,1-5,13H2. The second-order valence-electron chi connectivity index (χ2n) is 3.87. The van der Waals surface area contributed by atoms with Crippen molar-refractivity contribution in [3.63, 3.8) is 0 Å². The molecule has 0 saturated heterocycles. The van der Waals surface area contributed by atoms with Gasteiger partial charge in [0, 0.05) is 4.88 Å². The lowest BCUT2D eigenvalue weighted by molar-refractivity contribution is 0.448. The molecule has 0 amide bonds. The minimum atomic E-state index is 0.663. The van der Waals surface area contributed by atoms with E-state index in [2.05, 4.69) is 6.07 Å². The van der Waals surface area contributed by atoms with Gasteiger partial charge in [-0.25, -0.2) is 0 Å².